The van der Waals surface area contributed by atoms with E-state index >= 15 is 0 Å². The van der Waals surface area contributed by atoms with Gasteiger partial charge in [0.1, 0.15) is 11.6 Å². The minimum Gasteiger partial charge on any atom is -0.439 e. The Kier molecular flexibility index (Phi) is 3.85. The summed E-state index contributed by atoms with van der Waals surface area (Å²) in [4.78, 5) is 12.9. The van der Waals surface area contributed by atoms with Crippen LogP contribution >= 0.6 is 0 Å². The van der Waals surface area contributed by atoms with Gasteiger partial charge in [0.05, 0.1) is 11.4 Å². The molecular weight excluding hydrogens is 358 g/mol. The predicted octanol–water partition coefficient (Wildman–Crippen LogP) is 3.55. The van der Waals surface area contributed by atoms with E-state index in [0.717, 1.165) is 25.7 Å². The second-order valence-electron chi connectivity index (χ2n) is 6.80. The second kappa shape index (κ2) is 6.52. The van der Waals surface area contributed by atoms with E-state index in [1.165, 1.54) is 6.26 Å². The largest absolute Gasteiger partial charge is 0.439 e. The van der Waals surface area contributed by atoms with Crippen LogP contribution in [0, 0.1) is 0 Å². The molecule has 1 saturated carbocycles. The van der Waals surface area contributed by atoms with E-state index < -0.39 is 0 Å². The Balaban J connectivity index is 1.59. The van der Waals surface area contributed by atoms with E-state index in [1.807, 2.05) is 35.0 Å². The van der Waals surface area contributed by atoms with Crippen LogP contribution in [-0.2, 0) is 0 Å². The van der Waals surface area contributed by atoms with Crippen molar-refractivity contribution in [3.8, 4) is 23.2 Å². The van der Waals surface area contributed by atoms with E-state index in [9.17, 15) is 0 Å². The van der Waals surface area contributed by atoms with Crippen LogP contribution in [0.25, 0.3) is 22.6 Å². The fraction of sp³-hybridized carbons (Fsp3) is 0.263. The molecule has 0 atom stereocenters. The third kappa shape index (κ3) is 2.81. The number of para-hydroxylation sites is 1. The topological polar surface area (TPSA) is 131 Å². The van der Waals surface area contributed by atoms with Crippen LogP contribution in [0.5, 0.6) is 11.6 Å². The van der Waals surface area contributed by atoms with Gasteiger partial charge in [0, 0.05) is 0 Å². The molecule has 0 bridgehead atoms. The highest BCUT2D eigenvalue weighted by Gasteiger charge is 2.27. The second-order valence-corrected chi connectivity index (χ2v) is 6.80. The first-order chi connectivity index (χ1) is 13.7. The van der Waals surface area contributed by atoms with Crippen molar-refractivity contribution >= 4 is 22.8 Å². The highest BCUT2D eigenvalue weighted by molar-refractivity contribution is 5.97. The smallest absolute Gasteiger partial charge is 0.258 e. The number of benzene rings is 1. The summed E-state index contributed by atoms with van der Waals surface area (Å²) in [6.07, 6.45) is 5.83. The normalized spacial score (nSPS) is 14.7. The molecule has 4 N–H and O–H groups in total. The fourth-order valence-corrected chi connectivity index (χ4v) is 3.66. The van der Waals surface area contributed by atoms with Crippen molar-refractivity contribution < 1.29 is 9.15 Å². The summed E-state index contributed by atoms with van der Waals surface area (Å²) in [5.41, 5.74) is 13.1. The molecule has 9 heteroatoms. The first kappa shape index (κ1) is 16.5. The molecule has 4 aromatic rings. The van der Waals surface area contributed by atoms with Crippen molar-refractivity contribution in [2.75, 3.05) is 11.5 Å². The fourth-order valence-electron chi connectivity index (χ4n) is 3.66. The minimum atomic E-state index is 0.121. The van der Waals surface area contributed by atoms with Crippen LogP contribution in [0.15, 0.2) is 41.0 Å². The molecule has 142 valence electrons. The number of rotatable bonds is 4. The molecule has 1 aromatic carbocycles. The SMILES string of the molecule is Nc1nc(N)c2c(-c3nc(Oc4ccccc4)co3)nn(C3CCCC3)c2n1. The van der Waals surface area contributed by atoms with Crippen LogP contribution in [0.3, 0.4) is 0 Å². The number of anilines is 2. The Morgan fingerprint density at radius 1 is 1.04 bits per heavy atom. The van der Waals surface area contributed by atoms with Gasteiger partial charge < -0.3 is 20.6 Å². The molecule has 9 nitrogen and oxygen atoms in total. The average molecular weight is 377 g/mol. The number of ether oxygens (including phenoxy) is 1. The third-order valence-corrected chi connectivity index (χ3v) is 4.92. The number of oxazole rings is 1. The first-order valence-electron chi connectivity index (χ1n) is 9.19. The zero-order valence-corrected chi connectivity index (χ0v) is 15.1. The highest BCUT2D eigenvalue weighted by Crippen LogP contribution is 2.37. The van der Waals surface area contributed by atoms with Crippen molar-refractivity contribution in [1.82, 2.24) is 24.7 Å². The minimum absolute atomic E-state index is 0.121. The molecule has 0 saturated heterocycles. The van der Waals surface area contributed by atoms with Gasteiger partial charge in [-0.1, -0.05) is 31.0 Å². The van der Waals surface area contributed by atoms with Gasteiger partial charge in [0.15, 0.2) is 17.6 Å². The summed E-state index contributed by atoms with van der Waals surface area (Å²) in [7, 11) is 0. The summed E-state index contributed by atoms with van der Waals surface area (Å²) < 4.78 is 13.2. The van der Waals surface area contributed by atoms with Gasteiger partial charge >= 0.3 is 0 Å². The summed E-state index contributed by atoms with van der Waals surface area (Å²) in [5, 5.41) is 5.32. The zero-order chi connectivity index (χ0) is 19.1. The number of hydrogen-bond donors (Lipinski definition) is 2. The monoisotopic (exact) mass is 377 g/mol. The first-order valence-corrected chi connectivity index (χ1v) is 9.19. The lowest BCUT2D eigenvalue weighted by Crippen LogP contribution is -2.09. The summed E-state index contributed by atoms with van der Waals surface area (Å²) in [5.74, 6) is 1.67. The van der Waals surface area contributed by atoms with E-state index in [1.54, 1.807) is 0 Å². The molecule has 0 spiro atoms. The lowest BCUT2D eigenvalue weighted by molar-refractivity contribution is 0.457. The van der Waals surface area contributed by atoms with Crippen molar-refractivity contribution in [3.05, 3.63) is 36.6 Å². The van der Waals surface area contributed by atoms with Gasteiger partial charge in [-0.15, -0.1) is 0 Å². The van der Waals surface area contributed by atoms with Gasteiger partial charge in [-0.25, -0.2) is 4.68 Å². The number of nitrogens with two attached hydrogens (primary N) is 2. The Morgan fingerprint density at radius 2 is 1.82 bits per heavy atom. The van der Waals surface area contributed by atoms with Gasteiger partial charge in [0.25, 0.3) is 11.8 Å². The van der Waals surface area contributed by atoms with Gasteiger partial charge in [-0.3, -0.25) is 0 Å². The maximum atomic E-state index is 6.15. The Morgan fingerprint density at radius 3 is 2.61 bits per heavy atom. The molecular formula is C19H19N7O2. The van der Waals surface area contributed by atoms with Crippen LogP contribution in [0.2, 0.25) is 0 Å². The van der Waals surface area contributed by atoms with Gasteiger partial charge in [-0.2, -0.15) is 20.1 Å². The molecule has 28 heavy (non-hydrogen) atoms. The van der Waals surface area contributed by atoms with Crippen molar-refractivity contribution in [2.24, 2.45) is 0 Å². The number of aromatic nitrogens is 5. The van der Waals surface area contributed by atoms with Gasteiger partial charge in [-0.05, 0) is 25.0 Å². The maximum Gasteiger partial charge on any atom is 0.258 e. The van der Waals surface area contributed by atoms with E-state index in [2.05, 4.69) is 15.0 Å². The zero-order valence-electron chi connectivity index (χ0n) is 15.1. The Labute approximate surface area is 160 Å². The summed E-state index contributed by atoms with van der Waals surface area (Å²) in [6.45, 7) is 0. The summed E-state index contributed by atoms with van der Waals surface area (Å²) >= 11 is 0. The molecule has 5 rings (SSSR count). The Hall–Kier alpha value is -3.62. The van der Waals surface area contributed by atoms with Crippen molar-refractivity contribution in [1.29, 1.82) is 0 Å². The molecule has 1 aliphatic rings. The van der Waals surface area contributed by atoms with Gasteiger partial charge in [0.2, 0.25) is 5.95 Å². The van der Waals surface area contributed by atoms with Crippen LogP contribution < -0.4 is 16.2 Å². The van der Waals surface area contributed by atoms with Crippen molar-refractivity contribution in [2.45, 2.75) is 31.7 Å². The van der Waals surface area contributed by atoms with Crippen LogP contribution in [0.4, 0.5) is 11.8 Å². The predicted molar refractivity (Wildman–Crippen MR) is 104 cm³/mol. The van der Waals surface area contributed by atoms with E-state index in [0.29, 0.717) is 34.2 Å². The Bertz CT molecular complexity index is 1130. The number of fused-ring (bicyclic) bond motifs is 1. The molecule has 0 amide bonds. The standard InChI is InChI=1S/C19H19N7O2/c20-16-14-15(18-22-13(10-27-18)28-12-8-2-1-3-9-12)25-26(11-6-4-5-7-11)17(14)24-19(21)23-16/h1-3,8-11H,4-7H2,(H4,20,21,23,24). The summed E-state index contributed by atoms with van der Waals surface area (Å²) in [6, 6.07) is 9.61. The molecule has 0 radical (unpaired) electrons. The highest BCUT2D eigenvalue weighted by atomic mass is 16.5. The molecule has 3 heterocycles. The lowest BCUT2D eigenvalue weighted by Gasteiger charge is -2.10. The van der Waals surface area contributed by atoms with E-state index in [-0.39, 0.29) is 17.8 Å². The molecule has 0 unspecified atom stereocenters. The molecule has 1 fully saturated rings. The van der Waals surface area contributed by atoms with Crippen LogP contribution in [0.1, 0.15) is 31.7 Å². The molecule has 3 aromatic heterocycles. The van der Waals surface area contributed by atoms with Crippen molar-refractivity contribution in [3.63, 3.8) is 0 Å². The third-order valence-electron chi connectivity index (χ3n) is 4.92. The lowest BCUT2D eigenvalue weighted by atomic mass is 10.2. The average Bonchev–Trinajstić information content (AvgIpc) is 3.41. The number of hydrogen-bond acceptors (Lipinski definition) is 8. The van der Waals surface area contributed by atoms with Crippen LogP contribution in [-0.4, -0.2) is 24.7 Å². The molecule has 0 aliphatic heterocycles. The molecule has 1 aliphatic carbocycles. The quantitative estimate of drug-likeness (QED) is 0.552. The number of nitrogen functional groups attached to an aromatic ring is 2. The number of nitrogens with zero attached hydrogens (tertiary/aromatic N) is 5. The maximum absolute atomic E-state index is 6.15. The van der Waals surface area contributed by atoms with E-state index in [4.69, 9.17) is 25.7 Å².